The van der Waals surface area contributed by atoms with Crippen LogP contribution >= 0.6 is 0 Å². The smallest absolute Gasteiger partial charge is 0.410 e. The number of ether oxygens (including phenoxy) is 1. The van der Waals surface area contributed by atoms with Crippen molar-refractivity contribution in [2.75, 3.05) is 26.2 Å². The van der Waals surface area contributed by atoms with E-state index in [-0.39, 0.29) is 18.7 Å². The standard InChI is InChI=1S/C16H30N2O4/c1-12(2)18(15(21)22-16(3,4)5)10-13-7-6-8-17(9-13)11-14(19)20/h12-13H,6-11H2,1-5H3,(H,19,20)/t13-/m1/s1. The van der Waals surface area contributed by atoms with Gasteiger partial charge >= 0.3 is 12.1 Å². The first-order valence-corrected chi connectivity index (χ1v) is 8.02. The molecule has 6 heteroatoms. The first-order valence-electron chi connectivity index (χ1n) is 8.02. The van der Waals surface area contributed by atoms with Crippen molar-refractivity contribution in [3.05, 3.63) is 0 Å². The van der Waals surface area contributed by atoms with Crippen molar-refractivity contribution in [3.8, 4) is 0 Å². The summed E-state index contributed by atoms with van der Waals surface area (Å²) in [6, 6.07) is 0.0599. The van der Waals surface area contributed by atoms with E-state index in [1.165, 1.54) is 0 Å². The Bertz CT molecular complexity index is 390. The zero-order valence-electron chi connectivity index (χ0n) is 14.5. The van der Waals surface area contributed by atoms with E-state index in [0.717, 1.165) is 25.9 Å². The molecule has 1 heterocycles. The van der Waals surface area contributed by atoms with Gasteiger partial charge in [-0.25, -0.2) is 4.79 Å². The van der Waals surface area contributed by atoms with Crippen molar-refractivity contribution in [3.63, 3.8) is 0 Å². The molecule has 0 bridgehead atoms. The molecule has 1 saturated heterocycles. The number of aliphatic carboxylic acids is 1. The summed E-state index contributed by atoms with van der Waals surface area (Å²) in [7, 11) is 0. The highest BCUT2D eigenvalue weighted by molar-refractivity contribution is 5.69. The summed E-state index contributed by atoms with van der Waals surface area (Å²) >= 11 is 0. The SMILES string of the molecule is CC(C)N(C[C@@H]1CCCN(CC(=O)O)C1)C(=O)OC(C)(C)C. The predicted molar refractivity (Wildman–Crippen MR) is 84.9 cm³/mol. The maximum Gasteiger partial charge on any atom is 0.410 e. The summed E-state index contributed by atoms with van der Waals surface area (Å²) in [4.78, 5) is 26.9. The number of carboxylic acid groups (broad SMARTS) is 1. The minimum atomic E-state index is -0.798. The molecule has 0 spiro atoms. The molecular formula is C16H30N2O4. The Morgan fingerprint density at radius 2 is 2.00 bits per heavy atom. The highest BCUT2D eigenvalue weighted by Gasteiger charge is 2.29. The molecule has 128 valence electrons. The van der Waals surface area contributed by atoms with E-state index in [2.05, 4.69) is 0 Å². The molecule has 1 aliphatic rings. The fourth-order valence-corrected chi connectivity index (χ4v) is 2.73. The van der Waals surface area contributed by atoms with E-state index in [1.54, 1.807) is 4.90 Å². The Morgan fingerprint density at radius 1 is 1.36 bits per heavy atom. The Kier molecular flexibility index (Phi) is 6.66. The first kappa shape index (κ1) is 18.7. The number of piperidine rings is 1. The molecule has 0 saturated carbocycles. The van der Waals surface area contributed by atoms with E-state index in [4.69, 9.17) is 9.84 Å². The summed E-state index contributed by atoms with van der Waals surface area (Å²) in [5.74, 6) is -0.503. The van der Waals surface area contributed by atoms with Crippen LogP contribution in [0.3, 0.4) is 0 Å². The number of nitrogens with zero attached hydrogens (tertiary/aromatic N) is 2. The van der Waals surface area contributed by atoms with Gasteiger partial charge in [-0.05, 0) is 59.9 Å². The number of carbonyl (C=O) groups excluding carboxylic acids is 1. The van der Waals surface area contributed by atoms with Crippen LogP contribution in [0.2, 0.25) is 0 Å². The van der Waals surface area contributed by atoms with Gasteiger partial charge in [0.15, 0.2) is 0 Å². The van der Waals surface area contributed by atoms with Crippen LogP contribution in [0, 0.1) is 5.92 Å². The van der Waals surface area contributed by atoms with E-state index in [9.17, 15) is 9.59 Å². The number of hydrogen-bond acceptors (Lipinski definition) is 4. The van der Waals surface area contributed by atoms with Crippen molar-refractivity contribution in [1.82, 2.24) is 9.80 Å². The minimum absolute atomic E-state index is 0.0599. The average molecular weight is 314 g/mol. The fraction of sp³-hybridized carbons (Fsp3) is 0.875. The van der Waals surface area contributed by atoms with Crippen molar-refractivity contribution in [1.29, 1.82) is 0 Å². The van der Waals surface area contributed by atoms with Crippen molar-refractivity contribution < 1.29 is 19.4 Å². The van der Waals surface area contributed by atoms with Gasteiger partial charge in [-0.3, -0.25) is 9.69 Å². The van der Waals surface area contributed by atoms with Crippen molar-refractivity contribution in [2.24, 2.45) is 5.92 Å². The summed E-state index contributed by atoms with van der Waals surface area (Å²) in [5, 5.41) is 8.91. The maximum absolute atomic E-state index is 12.3. The molecule has 6 nitrogen and oxygen atoms in total. The third-order valence-corrected chi connectivity index (χ3v) is 3.67. The van der Waals surface area contributed by atoms with E-state index >= 15 is 0 Å². The van der Waals surface area contributed by atoms with Gasteiger partial charge in [0.05, 0.1) is 6.54 Å². The topological polar surface area (TPSA) is 70.1 Å². The van der Waals surface area contributed by atoms with Crippen LogP contribution in [-0.4, -0.2) is 64.8 Å². The van der Waals surface area contributed by atoms with Crippen LogP contribution in [-0.2, 0) is 9.53 Å². The molecule has 0 aliphatic carbocycles. The van der Waals surface area contributed by atoms with Crippen LogP contribution in [0.5, 0.6) is 0 Å². The second kappa shape index (κ2) is 7.81. The van der Waals surface area contributed by atoms with Crippen LogP contribution in [0.15, 0.2) is 0 Å². The molecule has 0 aromatic carbocycles. The molecule has 1 fully saturated rings. The lowest BCUT2D eigenvalue weighted by molar-refractivity contribution is -0.138. The van der Waals surface area contributed by atoms with Crippen LogP contribution < -0.4 is 0 Å². The minimum Gasteiger partial charge on any atom is -0.480 e. The Hall–Kier alpha value is -1.30. The number of amides is 1. The lowest BCUT2D eigenvalue weighted by atomic mass is 9.97. The van der Waals surface area contributed by atoms with Gasteiger partial charge in [-0.2, -0.15) is 0 Å². The molecule has 0 radical (unpaired) electrons. The molecule has 1 atom stereocenters. The number of rotatable bonds is 5. The lowest BCUT2D eigenvalue weighted by Crippen LogP contribution is -2.47. The highest BCUT2D eigenvalue weighted by Crippen LogP contribution is 2.20. The molecule has 0 aromatic rings. The summed E-state index contributed by atoms with van der Waals surface area (Å²) in [5.41, 5.74) is -0.508. The van der Waals surface area contributed by atoms with Gasteiger partial charge in [-0.15, -0.1) is 0 Å². The molecule has 0 unspecified atom stereocenters. The third kappa shape index (κ3) is 6.64. The average Bonchev–Trinajstić information content (AvgIpc) is 2.33. The Labute approximate surface area is 133 Å². The third-order valence-electron chi connectivity index (χ3n) is 3.67. The number of hydrogen-bond donors (Lipinski definition) is 1. The summed E-state index contributed by atoms with van der Waals surface area (Å²) in [6.45, 7) is 11.8. The van der Waals surface area contributed by atoms with Gasteiger partial charge < -0.3 is 14.7 Å². The second-order valence-corrected chi connectivity index (χ2v) is 7.36. The first-order chi connectivity index (χ1) is 10.1. The predicted octanol–water partition coefficient (Wildman–Crippen LogP) is 2.43. The summed E-state index contributed by atoms with van der Waals surface area (Å²) < 4.78 is 5.47. The normalized spacial score (nSPS) is 20.0. The fourth-order valence-electron chi connectivity index (χ4n) is 2.73. The zero-order chi connectivity index (χ0) is 16.9. The zero-order valence-corrected chi connectivity index (χ0v) is 14.5. The largest absolute Gasteiger partial charge is 0.480 e. The number of carbonyl (C=O) groups is 2. The van der Waals surface area contributed by atoms with E-state index in [1.807, 2.05) is 39.5 Å². The quantitative estimate of drug-likeness (QED) is 0.844. The molecule has 0 aromatic heterocycles. The summed E-state index contributed by atoms with van der Waals surface area (Å²) in [6.07, 6.45) is 1.69. The van der Waals surface area contributed by atoms with Crippen LogP contribution in [0.4, 0.5) is 4.79 Å². The Balaban J connectivity index is 2.62. The second-order valence-electron chi connectivity index (χ2n) is 7.36. The lowest BCUT2D eigenvalue weighted by Gasteiger charge is -2.37. The maximum atomic E-state index is 12.3. The number of carboxylic acids is 1. The molecule has 1 N–H and O–H groups in total. The molecule has 1 aliphatic heterocycles. The van der Waals surface area contributed by atoms with Gasteiger partial charge in [-0.1, -0.05) is 0 Å². The van der Waals surface area contributed by atoms with E-state index < -0.39 is 11.6 Å². The molecule has 1 rings (SSSR count). The van der Waals surface area contributed by atoms with Crippen LogP contribution in [0.1, 0.15) is 47.5 Å². The van der Waals surface area contributed by atoms with E-state index in [0.29, 0.717) is 12.5 Å². The number of likely N-dealkylation sites (tertiary alicyclic amines) is 1. The van der Waals surface area contributed by atoms with Gasteiger partial charge in [0.1, 0.15) is 5.60 Å². The monoisotopic (exact) mass is 314 g/mol. The Morgan fingerprint density at radius 3 is 2.50 bits per heavy atom. The molecule has 22 heavy (non-hydrogen) atoms. The van der Waals surface area contributed by atoms with Crippen LogP contribution in [0.25, 0.3) is 0 Å². The van der Waals surface area contributed by atoms with Crippen molar-refractivity contribution in [2.45, 2.75) is 59.1 Å². The van der Waals surface area contributed by atoms with Crippen molar-refractivity contribution >= 4 is 12.1 Å². The molecule has 1 amide bonds. The van der Waals surface area contributed by atoms with Gasteiger partial charge in [0, 0.05) is 19.1 Å². The van der Waals surface area contributed by atoms with Gasteiger partial charge in [0.2, 0.25) is 0 Å². The van der Waals surface area contributed by atoms with Gasteiger partial charge in [0.25, 0.3) is 0 Å². The highest BCUT2D eigenvalue weighted by atomic mass is 16.6. The molecular weight excluding hydrogens is 284 g/mol.